The Bertz CT molecular complexity index is 349. The Balaban J connectivity index is 2.40. The smallest absolute Gasteiger partial charge is 0.337 e. The van der Waals surface area contributed by atoms with Crippen LogP contribution in [0.4, 0.5) is 0 Å². The Kier molecular flexibility index (Phi) is 6.29. The molecule has 0 N–H and O–H groups in total. The minimum Gasteiger partial charge on any atom is -0.465 e. The number of carbonyl (C=O) groups is 1. The predicted molar refractivity (Wildman–Crippen MR) is 63.9 cm³/mol. The van der Waals surface area contributed by atoms with E-state index in [9.17, 15) is 4.79 Å². The van der Waals surface area contributed by atoms with Crippen LogP contribution in [-0.2, 0) is 20.8 Å². The molecule has 0 atom stereocenters. The molecule has 17 heavy (non-hydrogen) atoms. The average Bonchev–Trinajstić information content (AvgIpc) is 2.38. The molecule has 0 saturated carbocycles. The van der Waals surface area contributed by atoms with Crippen LogP contribution in [0.2, 0.25) is 0 Å². The summed E-state index contributed by atoms with van der Waals surface area (Å²) in [4.78, 5) is 11.3. The van der Waals surface area contributed by atoms with Crippen LogP contribution in [0.25, 0.3) is 0 Å². The molecule has 0 aliphatic heterocycles. The molecule has 0 bridgehead atoms. The summed E-state index contributed by atoms with van der Waals surface area (Å²) in [5.74, 6) is -0.332. The lowest BCUT2D eigenvalue weighted by Crippen LogP contribution is -2.05. The van der Waals surface area contributed by atoms with Gasteiger partial charge in [0.1, 0.15) is 0 Å². The van der Waals surface area contributed by atoms with Gasteiger partial charge in [0.05, 0.1) is 32.5 Å². The monoisotopic (exact) mass is 238 g/mol. The van der Waals surface area contributed by atoms with E-state index in [4.69, 9.17) is 9.47 Å². The Hall–Kier alpha value is -1.39. The van der Waals surface area contributed by atoms with Crippen LogP contribution >= 0.6 is 0 Å². The van der Waals surface area contributed by atoms with Gasteiger partial charge in [-0.25, -0.2) is 4.79 Å². The van der Waals surface area contributed by atoms with E-state index in [-0.39, 0.29) is 5.97 Å². The van der Waals surface area contributed by atoms with Crippen molar-refractivity contribution in [1.29, 1.82) is 0 Å². The average molecular weight is 238 g/mol. The second kappa shape index (κ2) is 7.81. The number of benzene rings is 1. The number of hydrogen-bond acceptors (Lipinski definition) is 4. The maximum Gasteiger partial charge on any atom is 0.337 e. The summed E-state index contributed by atoms with van der Waals surface area (Å²) in [6.45, 7) is 4.25. The van der Waals surface area contributed by atoms with Gasteiger partial charge in [0.15, 0.2) is 0 Å². The molecule has 0 radical (unpaired) electrons. The lowest BCUT2D eigenvalue weighted by atomic mass is 10.1. The van der Waals surface area contributed by atoms with Gasteiger partial charge in [0.2, 0.25) is 0 Å². The first-order valence-corrected chi connectivity index (χ1v) is 5.60. The number of esters is 1. The number of methoxy groups -OCH3 is 1. The van der Waals surface area contributed by atoms with Crippen molar-refractivity contribution in [2.45, 2.75) is 13.5 Å². The molecule has 0 saturated heterocycles. The SMILES string of the molecule is CCOCCOCc1cccc(C(=O)OC)c1. The van der Waals surface area contributed by atoms with Crippen LogP contribution in [0.3, 0.4) is 0 Å². The molecule has 0 amide bonds. The second-order valence-corrected chi connectivity index (χ2v) is 3.44. The molecule has 0 heterocycles. The van der Waals surface area contributed by atoms with Gasteiger partial charge < -0.3 is 14.2 Å². The molecule has 1 rings (SSSR count). The molecule has 0 fully saturated rings. The maximum atomic E-state index is 11.3. The van der Waals surface area contributed by atoms with E-state index in [0.29, 0.717) is 32.0 Å². The fourth-order valence-electron chi connectivity index (χ4n) is 1.36. The van der Waals surface area contributed by atoms with Crippen molar-refractivity contribution in [3.63, 3.8) is 0 Å². The van der Waals surface area contributed by atoms with Crippen LogP contribution in [0.15, 0.2) is 24.3 Å². The van der Waals surface area contributed by atoms with Gasteiger partial charge in [-0.2, -0.15) is 0 Å². The van der Waals surface area contributed by atoms with Crippen LogP contribution in [0, 0.1) is 0 Å². The summed E-state index contributed by atoms with van der Waals surface area (Å²) >= 11 is 0. The summed E-state index contributed by atoms with van der Waals surface area (Å²) in [5, 5.41) is 0. The van der Waals surface area contributed by atoms with E-state index >= 15 is 0 Å². The Labute approximate surface area is 101 Å². The van der Waals surface area contributed by atoms with E-state index in [2.05, 4.69) is 4.74 Å². The van der Waals surface area contributed by atoms with Crippen LogP contribution in [-0.4, -0.2) is 32.9 Å². The van der Waals surface area contributed by atoms with Crippen molar-refractivity contribution in [3.05, 3.63) is 35.4 Å². The molecule has 4 nitrogen and oxygen atoms in total. The van der Waals surface area contributed by atoms with Crippen molar-refractivity contribution >= 4 is 5.97 Å². The van der Waals surface area contributed by atoms with Gasteiger partial charge in [0, 0.05) is 6.61 Å². The Morgan fingerprint density at radius 3 is 2.71 bits per heavy atom. The minimum atomic E-state index is -0.332. The standard InChI is InChI=1S/C13H18O4/c1-3-16-7-8-17-10-11-5-4-6-12(9-11)13(14)15-2/h4-6,9H,3,7-8,10H2,1-2H3. The lowest BCUT2D eigenvalue weighted by molar-refractivity contribution is 0.0451. The molecule has 0 unspecified atom stereocenters. The third kappa shape index (κ3) is 4.97. The van der Waals surface area contributed by atoms with Gasteiger partial charge in [-0.05, 0) is 24.6 Å². The Morgan fingerprint density at radius 2 is 2.00 bits per heavy atom. The number of carbonyl (C=O) groups excluding carboxylic acids is 1. The van der Waals surface area contributed by atoms with Crippen LogP contribution < -0.4 is 0 Å². The normalized spacial score (nSPS) is 10.2. The highest BCUT2D eigenvalue weighted by molar-refractivity contribution is 5.89. The maximum absolute atomic E-state index is 11.3. The zero-order chi connectivity index (χ0) is 12.5. The van der Waals surface area contributed by atoms with E-state index < -0.39 is 0 Å². The molecule has 0 aliphatic carbocycles. The van der Waals surface area contributed by atoms with Crippen molar-refractivity contribution in [1.82, 2.24) is 0 Å². The quantitative estimate of drug-likeness (QED) is 0.538. The highest BCUT2D eigenvalue weighted by atomic mass is 16.5. The molecular weight excluding hydrogens is 220 g/mol. The molecule has 4 heteroatoms. The van der Waals surface area contributed by atoms with E-state index in [1.807, 2.05) is 19.1 Å². The molecule has 1 aromatic carbocycles. The van der Waals surface area contributed by atoms with Crippen molar-refractivity contribution in [2.75, 3.05) is 26.9 Å². The van der Waals surface area contributed by atoms with Crippen molar-refractivity contribution in [3.8, 4) is 0 Å². The molecule has 0 spiro atoms. The van der Waals surface area contributed by atoms with E-state index in [1.165, 1.54) is 7.11 Å². The molecule has 1 aromatic rings. The zero-order valence-corrected chi connectivity index (χ0v) is 10.3. The van der Waals surface area contributed by atoms with Crippen LogP contribution in [0.5, 0.6) is 0 Å². The van der Waals surface area contributed by atoms with Crippen LogP contribution in [0.1, 0.15) is 22.8 Å². The predicted octanol–water partition coefficient (Wildman–Crippen LogP) is 2.03. The first-order valence-electron chi connectivity index (χ1n) is 5.60. The third-order valence-electron chi connectivity index (χ3n) is 2.19. The summed E-state index contributed by atoms with van der Waals surface area (Å²) < 4.78 is 15.2. The zero-order valence-electron chi connectivity index (χ0n) is 10.3. The summed E-state index contributed by atoms with van der Waals surface area (Å²) in [7, 11) is 1.37. The molecule has 0 aliphatic rings. The van der Waals surface area contributed by atoms with Gasteiger partial charge >= 0.3 is 5.97 Å². The number of rotatable bonds is 7. The summed E-state index contributed by atoms with van der Waals surface area (Å²) in [6, 6.07) is 7.21. The number of ether oxygens (including phenoxy) is 3. The first-order chi connectivity index (χ1) is 8.27. The summed E-state index contributed by atoms with van der Waals surface area (Å²) in [6.07, 6.45) is 0. The number of hydrogen-bond donors (Lipinski definition) is 0. The molecule has 0 aromatic heterocycles. The van der Waals surface area contributed by atoms with Gasteiger partial charge in [0.25, 0.3) is 0 Å². The molecular formula is C13H18O4. The third-order valence-corrected chi connectivity index (χ3v) is 2.19. The highest BCUT2D eigenvalue weighted by Crippen LogP contribution is 2.07. The van der Waals surface area contributed by atoms with E-state index in [1.54, 1.807) is 12.1 Å². The highest BCUT2D eigenvalue weighted by Gasteiger charge is 2.05. The van der Waals surface area contributed by atoms with Crippen molar-refractivity contribution < 1.29 is 19.0 Å². The van der Waals surface area contributed by atoms with E-state index in [0.717, 1.165) is 5.56 Å². The summed E-state index contributed by atoms with van der Waals surface area (Å²) in [5.41, 5.74) is 1.49. The lowest BCUT2D eigenvalue weighted by Gasteiger charge is -2.06. The first kappa shape index (κ1) is 13.7. The minimum absolute atomic E-state index is 0.332. The fraction of sp³-hybridized carbons (Fsp3) is 0.462. The van der Waals surface area contributed by atoms with Crippen molar-refractivity contribution in [2.24, 2.45) is 0 Å². The largest absolute Gasteiger partial charge is 0.465 e. The Morgan fingerprint density at radius 1 is 1.24 bits per heavy atom. The van der Waals surface area contributed by atoms with Gasteiger partial charge in [-0.1, -0.05) is 12.1 Å². The van der Waals surface area contributed by atoms with Gasteiger partial charge in [-0.3, -0.25) is 0 Å². The molecule has 94 valence electrons. The second-order valence-electron chi connectivity index (χ2n) is 3.44. The topological polar surface area (TPSA) is 44.8 Å². The fourth-order valence-corrected chi connectivity index (χ4v) is 1.36. The van der Waals surface area contributed by atoms with Gasteiger partial charge in [-0.15, -0.1) is 0 Å².